The number of aromatic amines is 1. The number of imidazole rings is 1. The van der Waals surface area contributed by atoms with Crippen LogP contribution in [0.1, 0.15) is 37.2 Å². The number of ether oxygens (including phenoxy) is 1. The lowest BCUT2D eigenvalue weighted by Gasteiger charge is -2.26. The lowest BCUT2D eigenvalue weighted by molar-refractivity contribution is 0.168. The molecule has 1 amide bonds. The minimum absolute atomic E-state index is 0.341. The van der Waals surface area contributed by atoms with E-state index < -0.39 is 6.09 Å². The summed E-state index contributed by atoms with van der Waals surface area (Å²) >= 11 is 1.60. The molecule has 1 aliphatic carbocycles. The van der Waals surface area contributed by atoms with Crippen molar-refractivity contribution in [1.29, 1.82) is 0 Å². The molecule has 9 nitrogen and oxygen atoms in total. The number of hydrogen-bond donors (Lipinski definition) is 3. The van der Waals surface area contributed by atoms with Gasteiger partial charge in [0.25, 0.3) is 0 Å². The molecule has 160 valence electrons. The number of anilines is 2. The summed E-state index contributed by atoms with van der Waals surface area (Å²) in [7, 11) is 0. The van der Waals surface area contributed by atoms with E-state index >= 15 is 0 Å². The van der Waals surface area contributed by atoms with Gasteiger partial charge in [-0.3, -0.25) is 15.0 Å². The normalized spacial score (nSPS) is 15.3. The number of rotatable bonds is 7. The number of carbonyl (C=O) groups excluding carboxylic acids is 1. The maximum Gasteiger partial charge on any atom is 0.411 e. The third-order valence-corrected chi connectivity index (χ3v) is 5.96. The average Bonchev–Trinajstić information content (AvgIpc) is 3.31. The fraction of sp³-hybridized carbons (Fsp3) is 0.286. The molecule has 0 bridgehead atoms. The van der Waals surface area contributed by atoms with Crippen LogP contribution < -0.4 is 10.6 Å². The second-order valence-electron chi connectivity index (χ2n) is 7.37. The minimum Gasteiger partial charge on any atom is -0.450 e. The maximum atomic E-state index is 11.6. The quantitative estimate of drug-likeness (QED) is 0.470. The van der Waals surface area contributed by atoms with Crippen LogP contribution in [0.15, 0.2) is 53.8 Å². The van der Waals surface area contributed by atoms with E-state index in [0.29, 0.717) is 24.8 Å². The van der Waals surface area contributed by atoms with Crippen LogP contribution in [0.2, 0.25) is 0 Å². The van der Waals surface area contributed by atoms with Crippen LogP contribution in [-0.4, -0.2) is 36.8 Å². The summed E-state index contributed by atoms with van der Waals surface area (Å²) in [5.74, 6) is 3.26. The summed E-state index contributed by atoms with van der Waals surface area (Å²) < 4.78 is 9.06. The first kappa shape index (κ1) is 19.6. The summed E-state index contributed by atoms with van der Waals surface area (Å²) in [6.45, 7) is 2.78. The second-order valence-corrected chi connectivity index (χ2v) is 8.49. The SMILES string of the molecule is CCOC(=O)Nc1ccc(SN2C=C(Nc3cc(C4CC4)[nH]n3)n3ccnc3C2)cc1. The molecular formula is C21H23N7O2S. The zero-order valence-corrected chi connectivity index (χ0v) is 17.9. The number of aromatic nitrogens is 4. The third kappa shape index (κ3) is 4.53. The highest BCUT2D eigenvalue weighted by molar-refractivity contribution is 7.97. The van der Waals surface area contributed by atoms with E-state index in [2.05, 4.69) is 42.4 Å². The number of benzene rings is 1. The van der Waals surface area contributed by atoms with Gasteiger partial charge in [-0.2, -0.15) is 5.10 Å². The van der Waals surface area contributed by atoms with Gasteiger partial charge in [0, 0.05) is 40.7 Å². The maximum absolute atomic E-state index is 11.6. The van der Waals surface area contributed by atoms with Crippen LogP contribution in [0.25, 0.3) is 5.82 Å². The number of carbonyl (C=O) groups is 1. The van der Waals surface area contributed by atoms with Gasteiger partial charge in [-0.1, -0.05) is 0 Å². The molecule has 1 fully saturated rings. The smallest absolute Gasteiger partial charge is 0.411 e. The zero-order chi connectivity index (χ0) is 21.2. The van der Waals surface area contributed by atoms with Crippen molar-refractivity contribution in [2.24, 2.45) is 0 Å². The Morgan fingerprint density at radius 3 is 2.94 bits per heavy atom. The number of hydrogen-bond acceptors (Lipinski definition) is 7. The van der Waals surface area contributed by atoms with Gasteiger partial charge in [-0.25, -0.2) is 9.78 Å². The van der Waals surface area contributed by atoms with Crippen molar-refractivity contribution < 1.29 is 9.53 Å². The molecule has 5 rings (SSSR count). The molecular weight excluding hydrogens is 414 g/mol. The van der Waals surface area contributed by atoms with Gasteiger partial charge in [-0.05, 0) is 56.0 Å². The first-order valence-corrected chi connectivity index (χ1v) is 11.0. The van der Waals surface area contributed by atoms with Crippen molar-refractivity contribution in [3.8, 4) is 0 Å². The van der Waals surface area contributed by atoms with Gasteiger partial charge in [-0.15, -0.1) is 0 Å². The van der Waals surface area contributed by atoms with Crippen LogP contribution >= 0.6 is 11.9 Å². The molecule has 0 radical (unpaired) electrons. The van der Waals surface area contributed by atoms with Crippen molar-refractivity contribution in [3.05, 3.63) is 60.4 Å². The summed E-state index contributed by atoms with van der Waals surface area (Å²) in [6, 6.07) is 9.72. The van der Waals surface area contributed by atoms with Gasteiger partial charge < -0.3 is 14.4 Å². The van der Waals surface area contributed by atoms with Crippen LogP contribution in [-0.2, 0) is 11.3 Å². The van der Waals surface area contributed by atoms with Crippen molar-refractivity contribution in [3.63, 3.8) is 0 Å². The molecule has 1 saturated carbocycles. The number of amides is 1. The van der Waals surface area contributed by atoms with E-state index in [1.807, 2.05) is 35.0 Å². The summed E-state index contributed by atoms with van der Waals surface area (Å²) in [4.78, 5) is 17.1. The number of nitrogens with zero attached hydrogens (tertiary/aromatic N) is 4. The second kappa shape index (κ2) is 8.38. The minimum atomic E-state index is -0.451. The zero-order valence-electron chi connectivity index (χ0n) is 17.0. The monoisotopic (exact) mass is 437 g/mol. The fourth-order valence-electron chi connectivity index (χ4n) is 3.36. The molecule has 0 spiro atoms. The molecule has 2 aliphatic rings. The Balaban J connectivity index is 1.28. The summed E-state index contributed by atoms with van der Waals surface area (Å²) in [6.07, 6.45) is 7.81. The number of nitrogens with one attached hydrogen (secondary N) is 3. The van der Waals surface area contributed by atoms with Crippen LogP contribution in [0, 0.1) is 0 Å². The van der Waals surface area contributed by atoms with Gasteiger partial charge >= 0.3 is 6.09 Å². The van der Waals surface area contributed by atoms with E-state index in [1.54, 1.807) is 25.1 Å². The highest BCUT2D eigenvalue weighted by atomic mass is 32.2. The predicted molar refractivity (Wildman–Crippen MR) is 119 cm³/mol. The van der Waals surface area contributed by atoms with Gasteiger partial charge in [0.1, 0.15) is 11.6 Å². The predicted octanol–water partition coefficient (Wildman–Crippen LogP) is 4.44. The van der Waals surface area contributed by atoms with E-state index in [9.17, 15) is 4.79 Å². The van der Waals surface area contributed by atoms with Crippen LogP contribution in [0.5, 0.6) is 0 Å². The standard InChI is InChI=1S/C21H23N7O2S/c1-2-30-21(29)23-15-5-7-16(8-6-15)31-27-12-19-22-9-10-28(19)20(13-27)24-18-11-17(25-26-18)14-3-4-14/h5-11,13-14H,2-4,12H2,1H3,(H,23,29)(H2,24,25,26). The van der Waals surface area contributed by atoms with E-state index in [-0.39, 0.29) is 0 Å². The fourth-order valence-corrected chi connectivity index (χ4v) is 4.22. The lowest BCUT2D eigenvalue weighted by Crippen LogP contribution is -2.23. The van der Waals surface area contributed by atoms with Crippen LogP contribution in [0.3, 0.4) is 0 Å². The molecule has 0 saturated heterocycles. The summed E-state index contributed by atoms with van der Waals surface area (Å²) in [5, 5.41) is 13.6. The van der Waals surface area contributed by atoms with E-state index in [4.69, 9.17) is 4.74 Å². The number of H-pyrrole nitrogens is 1. The average molecular weight is 438 g/mol. The Morgan fingerprint density at radius 1 is 1.32 bits per heavy atom. The summed E-state index contributed by atoms with van der Waals surface area (Å²) in [5.41, 5.74) is 1.88. The molecule has 31 heavy (non-hydrogen) atoms. The Morgan fingerprint density at radius 2 is 2.16 bits per heavy atom. The van der Waals surface area contributed by atoms with Gasteiger partial charge in [0.15, 0.2) is 5.82 Å². The third-order valence-electron chi connectivity index (χ3n) is 5.01. The Kier molecular flexibility index (Phi) is 5.29. The molecule has 0 atom stereocenters. The first-order chi connectivity index (χ1) is 15.2. The van der Waals surface area contributed by atoms with Crippen molar-refractivity contribution in [2.45, 2.75) is 37.1 Å². The van der Waals surface area contributed by atoms with E-state index in [0.717, 1.165) is 22.4 Å². The van der Waals surface area contributed by atoms with Crippen LogP contribution in [0.4, 0.5) is 16.3 Å². The molecule has 0 unspecified atom stereocenters. The molecule has 2 aromatic heterocycles. The highest BCUT2D eigenvalue weighted by Crippen LogP contribution is 2.39. The lowest BCUT2D eigenvalue weighted by atomic mass is 10.3. The Labute approximate surface area is 184 Å². The van der Waals surface area contributed by atoms with Crippen molar-refractivity contribution in [1.82, 2.24) is 24.1 Å². The molecule has 3 aromatic rings. The van der Waals surface area contributed by atoms with Crippen molar-refractivity contribution in [2.75, 3.05) is 17.2 Å². The van der Waals surface area contributed by atoms with Gasteiger partial charge in [0.05, 0.1) is 19.4 Å². The first-order valence-electron chi connectivity index (χ1n) is 10.2. The van der Waals surface area contributed by atoms with Gasteiger partial charge in [0.2, 0.25) is 0 Å². The van der Waals surface area contributed by atoms with Crippen molar-refractivity contribution >= 4 is 35.4 Å². The largest absolute Gasteiger partial charge is 0.450 e. The molecule has 10 heteroatoms. The Bertz CT molecular complexity index is 1100. The molecule has 3 heterocycles. The number of fused-ring (bicyclic) bond motifs is 1. The van der Waals surface area contributed by atoms with E-state index in [1.165, 1.54) is 18.5 Å². The Hall–Kier alpha value is -3.40. The topological polar surface area (TPSA) is 100 Å². The molecule has 3 N–H and O–H groups in total. The molecule has 1 aliphatic heterocycles. The molecule has 1 aromatic carbocycles. The highest BCUT2D eigenvalue weighted by Gasteiger charge is 2.26.